The van der Waals surface area contributed by atoms with Crippen molar-refractivity contribution in [2.24, 2.45) is 0 Å². The van der Waals surface area contributed by atoms with Gasteiger partial charge in [0.1, 0.15) is 18.2 Å². The highest BCUT2D eigenvalue weighted by Gasteiger charge is 2.39. The van der Waals surface area contributed by atoms with Crippen molar-refractivity contribution in [1.29, 1.82) is 0 Å². The molecule has 2 aromatic rings. The number of imide groups is 1. The van der Waals surface area contributed by atoms with Crippen molar-refractivity contribution in [2.45, 2.75) is 58.3 Å². The summed E-state index contributed by atoms with van der Waals surface area (Å²) in [6.07, 6.45) is -0.165. The lowest BCUT2D eigenvalue weighted by atomic mass is 10.0. The number of rotatable bonds is 6. The SMILES string of the molecule is CN(CC(=O)N(Cc1ccc2c(c1)CN(C1CCC(=O)NC1=O)C2=O)c1cccc(Cl)c1)C(=O)OC(C)(C)C. The molecule has 0 spiro atoms. The van der Waals surface area contributed by atoms with Crippen LogP contribution in [0.4, 0.5) is 10.5 Å². The van der Waals surface area contributed by atoms with Gasteiger partial charge in [-0.05, 0) is 62.6 Å². The number of anilines is 1. The molecule has 10 nitrogen and oxygen atoms in total. The number of hydrogen-bond donors (Lipinski definition) is 1. The normalized spacial score (nSPS) is 17.0. The van der Waals surface area contributed by atoms with E-state index in [2.05, 4.69) is 5.32 Å². The predicted octanol–water partition coefficient (Wildman–Crippen LogP) is 3.50. The molecule has 1 fully saturated rings. The first-order valence-corrected chi connectivity index (χ1v) is 13.0. The van der Waals surface area contributed by atoms with Gasteiger partial charge in [0.05, 0.1) is 6.54 Å². The zero-order chi connectivity index (χ0) is 28.5. The molecule has 2 aliphatic rings. The van der Waals surface area contributed by atoms with Crippen molar-refractivity contribution in [2.75, 3.05) is 18.5 Å². The standard InChI is InChI=1S/C28H31ClN4O6/c1-28(2,3)39-27(38)31(4)16-24(35)32(20-7-5-6-19(29)13-20)14-17-8-9-21-18(12-17)15-33(26(21)37)22-10-11-23(34)30-25(22)36/h5-9,12-13,22H,10-11,14-16H2,1-4H3,(H,30,34,36). The quantitative estimate of drug-likeness (QED) is 0.546. The Bertz CT molecular complexity index is 1340. The fraction of sp³-hybridized carbons (Fsp3) is 0.393. The maximum absolute atomic E-state index is 13.4. The van der Waals surface area contributed by atoms with Gasteiger partial charge in [-0.1, -0.05) is 29.8 Å². The van der Waals surface area contributed by atoms with E-state index in [4.69, 9.17) is 16.3 Å². The van der Waals surface area contributed by atoms with E-state index in [-0.39, 0.29) is 50.2 Å². The third kappa shape index (κ3) is 6.57. The molecule has 0 aliphatic carbocycles. The molecule has 0 aromatic heterocycles. The lowest BCUT2D eigenvalue weighted by Crippen LogP contribution is -2.52. The highest BCUT2D eigenvalue weighted by atomic mass is 35.5. The van der Waals surface area contributed by atoms with Gasteiger partial charge < -0.3 is 19.4 Å². The number of hydrogen-bond acceptors (Lipinski definition) is 6. The Morgan fingerprint density at radius 2 is 1.87 bits per heavy atom. The topological polar surface area (TPSA) is 116 Å². The maximum atomic E-state index is 13.4. The summed E-state index contributed by atoms with van der Waals surface area (Å²) in [4.78, 5) is 67.0. The van der Waals surface area contributed by atoms with E-state index in [1.54, 1.807) is 57.2 Å². The Morgan fingerprint density at radius 1 is 1.13 bits per heavy atom. The molecule has 1 saturated heterocycles. The van der Waals surface area contributed by atoms with E-state index in [0.717, 1.165) is 11.1 Å². The third-order valence-electron chi connectivity index (χ3n) is 6.43. The number of likely N-dealkylation sites (N-methyl/N-ethyl adjacent to an activating group) is 1. The molecule has 2 aliphatic heterocycles. The van der Waals surface area contributed by atoms with Gasteiger partial charge in [0, 0.05) is 36.3 Å². The molecule has 1 N–H and O–H groups in total. The lowest BCUT2D eigenvalue weighted by Gasteiger charge is -2.29. The van der Waals surface area contributed by atoms with E-state index in [9.17, 15) is 24.0 Å². The van der Waals surface area contributed by atoms with E-state index in [0.29, 0.717) is 16.3 Å². The Kier molecular flexibility index (Phi) is 7.96. The largest absolute Gasteiger partial charge is 0.444 e. The van der Waals surface area contributed by atoms with Gasteiger partial charge in [-0.2, -0.15) is 0 Å². The van der Waals surface area contributed by atoms with Crippen LogP contribution in [0.3, 0.4) is 0 Å². The van der Waals surface area contributed by atoms with Crippen molar-refractivity contribution < 1.29 is 28.7 Å². The van der Waals surface area contributed by atoms with Gasteiger partial charge in [0.2, 0.25) is 17.7 Å². The zero-order valence-electron chi connectivity index (χ0n) is 22.3. The number of fused-ring (bicyclic) bond motifs is 1. The number of carbonyl (C=O) groups excluding carboxylic acids is 5. The number of amides is 5. The number of benzene rings is 2. The minimum Gasteiger partial charge on any atom is -0.444 e. The molecular weight excluding hydrogens is 524 g/mol. The van der Waals surface area contributed by atoms with Crippen LogP contribution in [-0.4, -0.2) is 64.8 Å². The minimum absolute atomic E-state index is 0.154. The molecule has 206 valence electrons. The molecule has 0 bridgehead atoms. The van der Waals surface area contributed by atoms with Crippen LogP contribution in [0, 0.1) is 0 Å². The van der Waals surface area contributed by atoms with Crippen molar-refractivity contribution in [3.8, 4) is 0 Å². The number of carbonyl (C=O) groups is 5. The number of halogens is 1. The molecule has 1 unspecified atom stereocenters. The van der Waals surface area contributed by atoms with Crippen LogP contribution >= 0.6 is 11.6 Å². The van der Waals surface area contributed by atoms with E-state index in [1.807, 2.05) is 6.07 Å². The van der Waals surface area contributed by atoms with Crippen LogP contribution in [0.5, 0.6) is 0 Å². The number of piperidine rings is 1. The summed E-state index contributed by atoms with van der Waals surface area (Å²) in [7, 11) is 1.49. The second kappa shape index (κ2) is 11.1. The van der Waals surface area contributed by atoms with Gasteiger partial charge in [-0.3, -0.25) is 24.5 Å². The smallest absolute Gasteiger partial charge is 0.410 e. The van der Waals surface area contributed by atoms with Crippen molar-refractivity contribution in [3.05, 3.63) is 64.2 Å². The Morgan fingerprint density at radius 3 is 2.54 bits per heavy atom. The lowest BCUT2D eigenvalue weighted by molar-refractivity contribution is -0.137. The summed E-state index contributed by atoms with van der Waals surface area (Å²) in [5.74, 6) is -1.44. The van der Waals surface area contributed by atoms with E-state index < -0.39 is 23.6 Å². The highest BCUT2D eigenvalue weighted by Crippen LogP contribution is 2.29. The molecule has 2 heterocycles. The van der Waals surface area contributed by atoms with Crippen LogP contribution in [0.1, 0.15) is 55.1 Å². The number of ether oxygens (including phenoxy) is 1. The fourth-order valence-electron chi connectivity index (χ4n) is 4.57. The maximum Gasteiger partial charge on any atom is 0.410 e. The van der Waals surface area contributed by atoms with Gasteiger partial charge in [-0.15, -0.1) is 0 Å². The molecule has 5 amide bonds. The predicted molar refractivity (Wildman–Crippen MR) is 144 cm³/mol. The first-order chi connectivity index (χ1) is 18.3. The van der Waals surface area contributed by atoms with Crippen LogP contribution in [0.2, 0.25) is 5.02 Å². The van der Waals surface area contributed by atoms with Crippen LogP contribution in [0.25, 0.3) is 0 Å². The molecule has 4 rings (SSSR count). The van der Waals surface area contributed by atoms with Crippen molar-refractivity contribution >= 4 is 47.0 Å². The molecule has 39 heavy (non-hydrogen) atoms. The van der Waals surface area contributed by atoms with Crippen molar-refractivity contribution in [1.82, 2.24) is 15.1 Å². The molecule has 0 radical (unpaired) electrons. The molecule has 0 saturated carbocycles. The first-order valence-electron chi connectivity index (χ1n) is 12.6. The second-order valence-corrected chi connectivity index (χ2v) is 11.1. The zero-order valence-corrected chi connectivity index (χ0v) is 23.1. The summed E-state index contributed by atoms with van der Waals surface area (Å²) in [6.45, 7) is 5.40. The van der Waals surface area contributed by atoms with Gasteiger partial charge in [0.25, 0.3) is 5.91 Å². The summed E-state index contributed by atoms with van der Waals surface area (Å²) < 4.78 is 5.37. The fourth-order valence-corrected chi connectivity index (χ4v) is 4.75. The third-order valence-corrected chi connectivity index (χ3v) is 6.66. The highest BCUT2D eigenvalue weighted by molar-refractivity contribution is 6.30. The summed E-state index contributed by atoms with van der Waals surface area (Å²) in [5.41, 5.74) is 1.80. The van der Waals surface area contributed by atoms with Crippen LogP contribution < -0.4 is 10.2 Å². The van der Waals surface area contributed by atoms with Crippen LogP contribution in [0.15, 0.2) is 42.5 Å². The monoisotopic (exact) mass is 554 g/mol. The Hall–Kier alpha value is -3.92. The molecule has 11 heteroatoms. The van der Waals surface area contributed by atoms with E-state index in [1.165, 1.54) is 21.7 Å². The summed E-state index contributed by atoms with van der Waals surface area (Å²) >= 11 is 6.21. The summed E-state index contributed by atoms with van der Waals surface area (Å²) in [6, 6.07) is 11.4. The average molecular weight is 555 g/mol. The number of nitrogens with zero attached hydrogens (tertiary/aromatic N) is 3. The first kappa shape index (κ1) is 28.1. The Balaban J connectivity index is 1.54. The van der Waals surface area contributed by atoms with Crippen LogP contribution in [-0.2, 0) is 32.2 Å². The number of nitrogens with one attached hydrogen (secondary N) is 1. The molecular formula is C28H31ClN4O6. The average Bonchev–Trinajstić information content (AvgIpc) is 3.16. The Labute approximate surface area is 231 Å². The second-order valence-electron chi connectivity index (χ2n) is 10.7. The molecule has 1 atom stereocenters. The van der Waals surface area contributed by atoms with Gasteiger partial charge >= 0.3 is 6.09 Å². The van der Waals surface area contributed by atoms with Gasteiger partial charge in [0.15, 0.2) is 0 Å². The molecule has 2 aromatic carbocycles. The summed E-state index contributed by atoms with van der Waals surface area (Å²) in [5, 5.41) is 2.75. The minimum atomic E-state index is -0.709. The van der Waals surface area contributed by atoms with Gasteiger partial charge in [-0.25, -0.2) is 4.79 Å². The van der Waals surface area contributed by atoms with E-state index >= 15 is 0 Å². The van der Waals surface area contributed by atoms with Crippen molar-refractivity contribution in [3.63, 3.8) is 0 Å².